The minimum atomic E-state index is -0.0969. The Bertz CT molecular complexity index is 2810. The van der Waals surface area contributed by atoms with Crippen molar-refractivity contribution >= 4 is 49.4 Å². The van der Waals surface area contributed by atoms with Crippen LogP contribution in [0, 0.1) is 0 Å². The summed E-state index contributed by atoms with van der Waals surface area (Å²) in [5.41, 5.74) is 13.6. The van der Waals surface area contributed by atoms with E-state index in [1.807, 2.05) is 0 Å². The quantitative estimate of drug-likeness (QED) is 0.166. The van der Waals surface area contributed by atoms with E-state index in [1.54, 1.807) is 0 Å². The molecule has 0 saturated carbocycles. The lowest BCUT2D eigenvalue weighted by Crippen LogP contribution is -2.16. The van der Waals surface area contributed by atoms with E-state index in [1.165, 1.54) is 82.5 Å². The predicted molar refractivity (Wildman–Crippen MR) is 222 cm³/mol. The summed E-state index contributed by atoms with van der Waals surface area (Å²) in [5.74, 6) is 0. The third-order valence-electron chi connectivity index (χ3n) is 11.3. The second-order valence-electron chi connectivity index (χ2n) is 14.5. The molecule has 0 heterocycles. The Morgan fingerprint density at radius 1 is 0.365 bits per heavy atom. The molecule has 10 rings (SSSR count). The second-order valence-corrected chi connectivity index (χ2v) is 14.5. The van der Waals surface area contributed by atoms with Gasteiger partial charge in [-0.05, 0) is 90.0 Å². The molecular weight excluding hydrogens is 627 g/mol. The van der Waals surface area contributed by atoms with Crippen molar-refractivity contribution in [3.05, 3.63) is 199 Å². The topological polar surface area (TPSA) is 3.24 Å². The minimum Gasteiger partial charge on any atom is -0.309 e. The van der Waals surface area contributed by atoms with Gasteiger partial charge in [0.05, 0.1) is 11.4 Å². The summed E-state index contributed by atoms with van der Waals surface area (Å²) in [6.07, 6.45) is 0. The first-order valence-corrected chi connectivity index (χ1v) is 18.2. The van der Waals surface area contributed by atoms with Crippen molar-refractivity contribution in [1.29, 1.82) is 0 Å². The van der Waals surface area contributed by atoms with E-state index < -0.39 is 0 Å². The standard InChI is InChI=1S/C51H37N/c1-51(2)45-22-10-8-19-44(45)50-46(51)23-13-25-48(50)52(47-24-11-9-17-40(47)34-14-4-3-5-15-34)38-31-28-36(29-32-38)39-20-12-21-43-42(39)33-30-37-27-26-35-16-6-7-18-41(35)49(37)43/h3-33H,1-2H3. The molecule has 0 saturated heterocycles. The first-order valence-electron chi connectivity index (χ1n) is 18.2. The highest BCUT2D eigenvalue weighted by Gasteiger charge is 2.37. The van der Waals surface area contributed by atoms with Crippen LogP contribution in [0.5, 0.6) is 0 Å². The van der Waals surface area contributed by atoms with E-state index in [0.29, 0.717) is 0 Å². The van der Waals surface area contributed by atoms with Gasteiger partial charge in [-0.3, -0.25) is 0 Å². The lowest BCUT2D eigenvalue weighted by atomic mass is 9.82. The summed E-state index contributed by atoms with van der Waals surface area (Å²) in [6.45, 7) is 4.71. The smallest absolute Gasteiger partial charge is 0.0543 e. The van der Waals surface area contributed by atoms with Gasteiger partial charge in [-0.2, -0.15) is 0 Å². The largest absolute Gasteiger partial charge is 0.309 e. The number of rotatable bonds is 5. The third-order valence-corrected chi connectivity index (χ3v) is 11.3. The Labute approximate surface area is 305 Å². The molecular formula is C51H37N. The van der Waals surface area contributed by atoms with Crippen molar-refractivity contribution < 1.29 is 0 Å². The van der Waals surface area contributed by atoms with Gasteiger partial charge in [0.1, 0.15) is 0 Å². The number of benzene rings is 9. The Hall–Kier alpha value is -6.44. The maximum absolute atomic E-state index is 2.48. The molecule has 1 heteroatoms. The van der Waals surface area contributed by atoms with Gasteiger partial charge in [0.15, 0.2) is 0 Å². The normalized spacial score (nSPS) is 13.0. The SMILES string of the molecule is CC1(C)c2ccccc2-c2c(N(c3ccc(-c4cccc5c4ccc4ccc6ccccc6c45)cc3)c3ccccc3-c3ccccc3)cccc21. The maximum atomic E-state index is 2.48. The van der Waals surface area contributed by atoms with Gasteiger partial charge in [-0.25, -0.2) is 0 Å². The zero-order valence-electron chi connectivity index (χ0n) is 29.3. The van der Waals surface area contributed by atoms with Crippen LogP contribution in [0.2, 0.25) is 0 Å². The number of hydrogen-bond acceptors (Lipinski definition) is 1. The fraction of sp³-hybridized carbons (Fsp3) is 0.0588. The molecule has 9 aromatic rings. The molecule has 9 aromatic carbocycles. The Morgan fingerprint density at radius 2 is 0.962 bits per heavy atom. The molecule has 0 amide bonds. The van der Waals surface area contributed by atoms with Crippen LogP contribution in [0.25, 0.3) is 65.7 Å². The van der Waals surface area contributed by atoms with Crippen LogP contribution >= 0.6 is 0 Å². The molecule has 1 aliphatic carbocycles. The molecule has 246 valence electrons. The van der Waals surface area contributed by atoms with Crippen molar-refractivity contribution in [2.75, 3.05) is 4.90 Å². The average Bonchev–Trinajstić information content (AvgIpc) is 3.44. The summed E-state index contributed by atoms with van der Waals surface area (Å²) in [5, 5.41) is 7.71. The van der Waals surface area contributed by atoms with E-state index >= 15 is 0 Å². The van der Waals surface area contributed by atoms with Gasteiger partial charge < -0.3 is 4.90 Å². The Kier molecular flexibility index (Phi) is 6.91. The predicted octanol–water partition coefficient (Wildman–Crippen LogP) is 14.3. The lowest BCUT2D eigenvalue weighted by Gasteiger charge is -2.30. The van der Waals surface area contributed by atoms with E-state index in [0.717, 1.165) is 11.4 Å². The summed E-state index contributed by atoms with van der Waals surface area (Å²) in [6, 6.07) is 69.1. The number of nitrogens with zero attached hydrogens (tertiary/aromatic N) is 1. The van der Waals surface area contributed by atoms with E-state index in [2.05, 4.69) is 207 Å². The molecule has 0 radical (unpaired) electrons. The van der Waals surface area contributed by atoms with Crippen LogP contribution in [0.3, 0.4) is 0 Å². The summed E-state index contributed by atoms with van der Waals surface area (Å²) < 4.78 is 0. The number of fused-ring (bicyclic) bond motifs is 8. The van der Waals surface area contributed by atoms with E-state index in [-0.39, 0.29) is 5.41 Å². The molecule has 0 atom stereocenters. The Balaban J connectivity index is 1.18. The van der Waals surface area contributed by atoms with Crippen molar-refractivity contribution in [2.24, 2.45) is 0 Å². The molecule has 0 spiro atoms. The van der Waals surface area contributed by atoms with Crippen molar-refractivity contribution in [2.45, 2.75) is 19.3 Å². The monoisotopic (exact) mass is 663 g/mol. The zero-order valence-corrected chi connectivity index (χ0v) is 29.3. The van der Waals surface area contributed by atoms with Crippen LogP contribution in [0.1, 0.15) is 25.0 Å². The maximum Gasteiger partial charge on any atom is 0.0543 e. The first-order chi connectivity index (χ1) is 25.6. The van der Waals surface area contributed by atoms with Gasteiger partial charge in [-0.15, -0.1) is 0 Å². The van der Waals surface area contributed by atoms with Crippen molar-refractivity contribution in [3.63, 3.8) is 0 Å². The second kappa shape index (κ2) is 11.8. The van der Waals surface area contributed by atoms with Crippen molar-refractivity contribution in [3.8, 4) is 33.4 Å². The van der Waals surface area contributed by atoms with Crippen LogP contribution < -0.4 is 4.90 Å². The van der Waals surface area contributed by atoms with Gasteiger partial charge in [0.25, 0.3) is 0 Å². The van der Waals surface area contributed by atoms with Crippen LogP contribution in [-0.4, -0.2) is 0 Å². The van der Waals surface area contributed by atoms with Gasteiger partial charge in [0, 0.05) is 22.2 Å². The van der Waals surface area contributed by atoms with Gasteiger partial charge in [0.2, 0.25) is 0 Å². The summed E-state index contributed by atoms with van der Waals surface area (Å²) in [4.78, 5) is 2.48. The molecule has 0 fully saturated rings. The number of anilines is 3. The lowest BCUT2D eigenvalue weighted by molar-refractivity contribution is 0.660. The fourth-order valence-corrected chi connectivity index (χ4v) is 8.77. The van der Waals surface area contributed by atoms with Crippen molar-refractivity contribution in [1.82, 2.24) is 0 Å². The summed E-state index contributed by atoms with van der Waals surface area (Å²) in [7, 11) is 0. The molecule has 1 aliphatic rings. The van der Waals surface area contributed by atoms with Crippen LogP contribution in [-0.2, 0) is 5.41 Å². The molecule has 0 aliphatic heterocycles. The number of hydrogen-bond donors (Lipinski definition) is 0. The van der Waals surface area contributed by atoms with E-state index in [9.17, 15) is 0 Å². The van der Waals surface area contributed by atoms with E-state index in [4.69, 9.17) is 0 Å². The number of para-hydroxylation sites is 1. The summed E-state index contributed by atoms with van der Waals surface area (Å²) >= 11 is 0. The first kappa shape index (κ1) is 30.4. The average molecular weight is 664 g/mol. The molecule has 0 N–H and O–H groups in total. The molecule has 0 aromatic heterocycles. The molecule has 0 unspecified atom stereocenters. The van der Waals surface area contributed by atoms with Crippen LogP contribution in [0.4, 0.5) is 17.1 Å². The zero-order chi connectivity index (χ0) is 34.8. The van der Waals surface area contributed by atoms with Gasteiger partial charge in [-0.1, -0.05) is 178 Å². The Morgan fingerprint density at radius 3 is 1.83 bits per heavy atom. The van der Waals surface area contributed by atoms with Gasteiger partial charge >= 0.3 is 0 Å². The highest BCUT2D eigenvalue weighted by atomic mass is 15.1. The minimum absolute atomic E-state index is 0.0969. The highest BCUT2D eigenvalue weighted by Crippen LogP contribution is 2.55. The third kappa shape index (κ3) is 4.63. The molecule has 1 nitrogen and oxygen atoms in total. The fourth-order valence-electron chi connectivity index (χ4n) is 8.77. The highest BCUT2D eigenvalue weighted by molar-refractivity contribution is 6.22. The molecule has 0 bridgehead atoms. The molecule has 52 heavy (non-hydrogen) atoms. The van der Waals surface area contributed by atoms with Crippen LogP contribution in [0.15, 0.2) is 188 Å².